The van der Waals surface area contributed by atoms with Gasteiger partial charge in [0.25, 0.3) is 10.0 Å². The maximum Gasteiger partial charge on any atom is 0.337 e. The number of carbonyl (C=O) groups is 1. The van der Waals surface area contributed by atoms with Crippen molar-refractivity contribution < 1.29 is 17.9 Å². The Labute approximate surface area is 191 Å². The zero-order chi connectivity index (χ0) is 22.9. The number of benzene rings is 2. The Hall–Kier alpha value is -2.91. The normalized spacial score (nSPS) is 13.8. The summed E-state index contributed by atoms with van der Waals surface area (Å²) in [5.74, 6) is 0.925. The number of carbonyl (C=O) groups excluding carboxylic acids is 1. The number of sulfonamides is 1. The molecule has 2 heterocycles. The van der Waals surface area contributed by atoms with Crippen molar-refractivity contribution in [2.24, 2.45) is 0 Å². The predicted molar refractivity (Wildman–Crippen MR) is 121 cm³/mol. The second-order valence-corrected chi connectivity index (χ2v) is 9.73. The van der Waals surface area contributed by atoms with Crippen molar-refractivity contribution in [3.8, 4) is 11.4 Å². The fraction of sp³-hybridized carbons (Fsp3) is 0.318. The third-order valence-electron chi connectivity index (χ3n) is 5.47. The predicted octanol–water partition coefficient (Wildman–Crippen LogP) is 4.22. The molecule has 1 aliphatic heterocycles. The number of ether oxygens (including phenoxy) is 1. The van der Waals surface area contributed by atoms with E-state index in [1.165, 1.54) is 19.2 Å². The molecule has 4 rings (SSSR count). The Balaban J connectivity index is 1.70. The zero-order valence-corrected chi connectivity index (χ0v) is 19.3. The van der Waals surface area contributed by atoms with Crippen molar-refractivity contribution in [2.45, 2.75) is 44.0 Å². The summed E-state index contributed by atoms with van der Waals surface area (Å²) >= 11 is 6.45. The summed E-state index contributed by atoms with van der Waals surface area (Å²) in [7, 11) is -2.73. The molecule has 1 aromatic heterocycles. The zero-order valence-electron chi connectivity index (χ0n) is 17.8. The molecule has 0 fully saturated rings. The number of aromatic nitrogens is 3. The average molecular weight is 475 g/mol. The first-order chi connectivity index (χ1) is 15.3. The summed E-state index contributed by atoms with van der Waals surface area (Å²) in [6.07, 6.45) is 4.07. The lowest BCUT2D eigenvalue weighted by molar-refractivity contribution is 0.0600. The molecule has 0 spiro atoms. The number of anilines is 1. The Morgan fingerprint density at radius 2 is 1.94 bits per heavy atom. The fourth-order valence-electron chi connectivity index (χ4n) is 3.79. The summed E-state index contributed by atoms with van der Waals surface area (Å²) in [5.41, 5.74) is 1.59. The van der Waals surface area contributed by atoms with Crippen molar-refractivity contribution >= 4 is 33.3 Å². The van der Waals surface area contributed by atoms with E-state index >= 15 is 0 Å². The topological polar surface area (TPSA) is 103 Å². The molecule has 0 atom stereocenters. The molecule has 32 heavy (non-hydrogen) atoms. The largest absolute Gasteiger partial charge is 0.465 e. The lowest BCUT2D eigenvalue weighted by Gasteiger charge is -2.14. The molecule has 8 nitrogen and oxygen atoms in total. The summed E-state index contributed by atoms with van der Waals surface area (Å²) in [6, 6.07) is 9.27. The van der Waals surface area contributed by atoms with Crippen LogP contribution in [-0.2, 0) is 27.7 Å². The first-order valence-electron chi connectivity index (χ1n) is 10.2. The molecule has 168 valence electrons. The number of aryl methyl sites for hydroxylation is 2. The second kappa shape index (κ2) is 8.91. The van der Waals surface area contributed by atoms with Gasteiger partial charge < -0.3 is 9.30 Å². The fourth-order valence-corrected chi connectivity index (χ4v) is 5.31. The molecule has 0 saturated heterocycles. The lowest BCUT2D eigenvalue weighted by Crippen LogP contribution is -2.15. The van der Waals surface area contributed by atoms with E-state index in [0.717, 1.165) is 38.1 Å². The van der Waals surface area contributed by atoms with E-state index in [-0.39, 0.29) is 10.5 Å². The van der Waals surface area contributed by atoms with E-state index in [4.69, 9.17) is 16.3 Å². The highest BCUT2D eigenvalue weighted by Gasteiger charge is 2.22. The monoisotopic (exact) mass is 474 g/mol. The quantitative estimate of drug-likeness (QED) is 0.555. The summed E-state index contributed by atoms with van der Waals surface area (Å²) in [6.45, 7) is 2.46. The molecule has 10 heteroatoms. The van der Waals surface area contributed by atoms with Crippen LogP contribution in [-0.4, -0.2) is 36.3 Å². The van der Waals surface area contributed by atoms with Crippen LogP contribution in [0.5, 0.6) is 0 Å². The highest BCUT2D eigenvalue weighted by molar-refractivity contribution is 7.92. The number of rotatable bonds is 5. The molecule has 0 aliphatic carbocycles. The third-order valence-corrected chi connectivity index (χ3v) is 7.32. The number of hydrogen-bond acceptors (Lipinski definition) is 6. The number of nitrogens with one attached hydrogen (secondary N) is 1. The van der Waals surface area contributed by atoms with Crippen molar-refractivity contribution in [1.82, 2.24) is 14.8 Å². The van der Waals surface area contributed by atoms with Crippen molar-refractivity contribution in [2.75, 3.05) is 11.8 Å². The first-order valence-corrected chi connectivity index (χ1v) is 12.1. The van der Waals surface area contributed by atoms with Gasteiger partial charge in [0.05, 0.1) is 22.6 Å². The van der Waals surface area contributed by atoms with Crippen LogP contribution < -0.4 is 4.72 Å². The van der Waals surface area contributed by atoms with E-state index in [1.807, 2.05) is 0 Å². The van der Waals surface area contributed by atoms with E-state index in [0.29, 0.717) is 27.7 Å². The van der Waals surface area contributed by atoms with Gasteiger partial charge >= 0.3 is 5.97 Å². The molecular formula is C22H23ClN4O4S. The van der Waals surface area contributed by atoms with Crippen LogP contribution in [0.1, 0.15) is 41.0 Å². The second-order valence-electron chi connectivity index (χ2n) is 7.67. The van der Waals surface area contributed by atoms with Gasteiger partial charge in [0.15, 0.2) is 5.82 Å². The van der Waals surface area contributed by atoms with E-state index < -0.39 is 16.0 Å². The standard InChI is InChI=1S/C22H23ClN4O4S/c1-14-7-8-15(22(28)31-2)12-19(14)32(29,30)26-16-9-10-18(23)17(13-16)21-25-24-20-6-4-3-5-11-27(20)21/h7-10,12-13,26H,3-6,11H2,1-2H3. The van der Waals surface area contributed by atoms with Crippen LogP contribution in [0.2, 0.25) is 5.02 Å². The van der Waals surface area contributed by atoms with E-state index in [2.05, 4.69) is 19.5 Å². The highest BCUT2D eigenvalue weighted by Crippen LogP contribution is 2.32. The molecule has 1 aliphatic rings. The van der Waals surface area contributed by atoms with Gasteiger partial charge in [-0.2, -0.15) is 0 Å². The maximum atomic E-state index is 13.1. The van der Waals surface area contributed by atoms with Gasteiger partial charge in [0.2, 0.25) is 0 Å². The number of esters is 1. The van der Waals surface area contributed by atoms with E-state index in [9.17, 15) is 13.2 Å². The summed E-state index contributed by atoms with van der Waals surface area (Å²) < 4.78 is 35.6. The minimum atomic E-state index is -3.97. The maximum absolute atomic E-state index is 13.1. The van der Waals surface area contributed by atoms with Crippen LogP contribution in [0.15, 0.2) is 41.3 Å². The molecule has 2 aromatic carbocycles. The summed E-state index contributed by atoms with van der Waals surface area (Å²) in [4.78, 5) is 11.8. The highest BCUT2D eigenvalue weighted by atomic mass is 35.5. The third kappa shape index (κ3) is 4.35. The number of nitrogens with zero attached hydrogens (tertiary/aromatic N) is 3. The minimum absolute atomic E-state index is 0.00625. The minimum Gasteiger partial charge on any atom is -0.465 e. The Morgan fingerprint density at radius 3 is 2.72 bits per heavy atom. The SMILES string of the molecule is COC(=O)c1ccc(C)c(S(=O)(=O)Nc2ccc(Cl)c(-c3nnc4n3CCCCC4)c2)c1. The van der Waals surface area contributed by atoms with Gasteiger partial charge in [-0.1, -0.05) is 24.1 Å². The van der Waals surface area contributed by atoms with Gasteiger partial charge in [-0.15, -0.1) is 10.2 Å². The number of fused-ring (bicyclic) bond motifs is 1. The Morgan fingerprint density at radius 1 is 1.12 bits per heavy atom. The van der Waals surface area contributed by atoms with Crippen molar-refractivity contribution in [3.63, 3.8) is 0 Å². The van der Waals surface area contributed by atoms with Gasteiger partial charge in [0, 0.05) is 24.2 Å². The molecular weight excluding hydrogens is 452 g/mol. The molecule has 3 aromatic rings. The molecule has 0 unspecified atom stereocenters. The van der Waals surface area contributed by atoms with Gasteiger partial charge in [-0.05, 0) is 55.7 Å². The van der Waals surface area contributed by atoms with E-state index in [1.54, 1.807) is 31.2 Å². The average Bonchev–Trinajstić information content (AvgIpc) is 3.02. The molecule has 0 bridgehead atoms. The van der Waals surface area contributed by atoms with Gasteiger partial charge in [0.1, 0.15) is 5.82 Å². The van der Waals surface area contributed by atoms with Gasteiger partial charge in [-0.25, -0.2) is 13.2 Å². The number of halogens is 1. The van der Waals surface area contributed by atoms with Crippen LogP contribution in [0, 0.1) is 6.92 Å². The Kier molecular flexibility index (Phi) is 6.21. The van der Waals surface area contributed by atoms with Gasteiger partial charge in [-0.3, -0.25) is 4.72 Å². The van der Waals surface area contributed by atoms with Crippen molar-refractivity contribution in [3.05, 3.63) is 58.4 Å². The van der Waals surface area contributed by atoms with Crippen LogP contribution >= 0.6 is 11.6 Å². The number of hydrogen-bond donors (Lipinski definition) is 1. The van der Waals surface area contributed by atoms with Crippen LogP contribution in [0.25, 0.3) is 11.4 Å². The van der Waals surface area contributed by atoms with Crippen molar-refractivity contribution in [1.29, 1.82) is 0 Å². The first kappa shape index (κ1) is 22.3. The molecule has 0 amide bonds. The van der Waals surface area contributed by atoms with Crippen LogP contribution in [0.3, 0.4) is 0 Å². The summed E-state index contributed by atoms with van der Waals surface area (Å²) in [5, 5.41) is 9.08. The number of methoxy groups -OCH3 is 1. The smallest absolute Gasteiger partial charge is 0.337 e. The molecule has 0 radical (unpaired) electrons. The van der Waals surface area contributed by atoms with Crippen LogP contribution in [0.4, 0.5) is 5.69 Å². The molecule has 1 N–H and O–H groups in total. The lowest BCUT2D eigenvalue weighted by atomic mass is 10.1. The Bertz CT molecular complexity index is 1290. The molecule has 0 saturated carbocycles.